The van der Waals surface area contributed by atoms with Crippen molar-refractivity contribution in [1.82, 2.24) is 0 Å². The molecule has 0 nitrogen and oxygen atoms in total. The fourth-order valence-electron chi connectivity index (χ4n) is 1.12. The number of benzene rings is 2. The average Bonchev–Trinajstić information content (AvgIpc) is 2.21. The molecule has 2 rings (SSSR count). The Morgan fingerprint density at radius 3 is 1.27 bits per heavy atom. The Labute approximate surface area is 167 Å². The Morgan fingerprint density at radius 2 is 1.00 bits per heavy atom. The Hall–Kier alpha value is 1.75. The van der Waals surface area contributed by atoms with E-state index < -0.39 is 0 Å². The minimum atomic E-state index is 0. The minimum Gasteiger partial charge on any atom is -0.226 e. The van der Waals surface area contributed by atoms with E-state index in [2.05, 4.69) is 12.1 Å². The standard InChI is InChI=1S/C12H8.3Y/c1-3-7-11(8-4-1)12-9-5-2-6-10-12;;;/h1-7,9H;;;/q-2;;;. The number of hydrogen-bond acceptors (Lipinski definition) is 0. The molecule has 0 aromatic heterocycles. The average molecular weight is 419 g/mol. The summed E-state index contributed by atoms with van der Waals surface area (Å²) in [5.74, 6) is 0. The van der Waals surface area contributed by atoms with Gasteiger partial charge >= 0.3 is 0 Å². The maximum atomic E-state index is 3.15. The molecule has 2 aromatic carbocycles. The van der Waals surface area contributed by atoms with Crippen molar-refractivity contribution in [1.29, 1.82) is 0 Å². The molecule has 0 unspecified atom stereocenters. The molecule has 0 atom stereocenters. The summed E-state index contributed by atoms with van der Waals surface area (Å²) in [7, 11) is 0. The molecule has 0 saturated carbocycles. The Kier molecular flexibility index (Phi) is 13.9. The van der Waals surface area contributed by atoms with Gasteiger partial charge in [0.05, 0.1) is 0 Å². The van der Waals surface area contributed by atoms with Gasteiger partial charge in [-0.2, -0.15) is 48.5 Å². The first kappa shape index (κ1) is 19.1. The molecule has 0 aliphatic rings. The summed E-state index contributed by atoms with van der Waals surface area (Å²) in [6.45, 7) is 0. The maximum absolute atomic E-state index is 3.15. The van der Waals surface area contributed by atoms with Gasteiger partial charge in [0, 0.05) is 98.1 Å². The molecule has 0 bridgehead atoms. The van der Waals surface area contributed by atoms with Gasteiger partial charge in [-0.1, -0.05) is 0 Å². The van der Waals surface area contributed by atoms with Crippen molar-refractivity contribution in [2.45, 2.75) is 0 Å². The van der Waals surface area contributed by atoms with Gasteiger partial charge in [0.15, 0.2) is 0 Å². The third-order valence-electron chi connectivity index (χ3n) is 1.71. The van der Waals surface area contributed by atoms with E-state index in [0.29, 0.717) is 0 Å². The molecule has 67 valence electrons. The van der Waals surface area contributed by atoms with Crippen molar-refractivity contribution < 1.29 is 98.1 Å². The summed E-state index contributed by atoms with van der Waals surface area (Å²) >= 11 is 0. The van der Waals surface area contributed by atoms with E-state index in [9.17, 15) is 0 Å². The van der Waals surface area contributed by atoms with Crippen LogP contribution < -0.4 is 0 Å². The van der Waals surface area contributed by atoms with Crippen LogP contribution in [0.1, 0.15) is 0 Å². The Bertz CT molecular complexity index is 308. The van der Waals surface area contributed by atoms with Crippen molar-refractivity contribution in [2.24, 2.45) is 0 Å². The van der Waals surface area contributed by atoms with Crippen LogP contribution in [0.3, 0.4) is 0 Å². The van der Waals surface area contributed by atoms with Gasteiger partial charge in [0.25, 0.3) is 0 Å². The molecule has 0 aliphatic carbocycles. The van der Waals surface area contributed by atoms with E-state index in [4.69, 9.17) is 0 Å². The summed E-state index contributed by atoms with van der Waals surface area (Å²) in [6, 6.07) is 22.1. The first-order valence-electron chi connectivity index (χ1n) is 3.90. The predicted molar refractivity (Wildman–Crippen MR) is 49.6 cm³/mol. The first-order chi connectivity index (χ1) is 5.97. The van der Waals surface area contributed by atoms with E-state index in [-0.39, 0.29) is 98.1 Å². The molecule has 2 aromatic rings. The zero-order valence-electron chi connectivity index (χ0n) is 8.35. The summed E-state index contributed by atoms with van der Waals surface area (Å²) in [5.41, 5.74) is 2.19. The van der Waals surface area contributed by atoms with Crippen LogP contribution in [0.4, 0.5) is 0 Å². The molecule has 0 heterocycles. The second-order valence-electron chi connectivity index (χ2n) is 2.55. The van der Waals surface area contributed by atoms with E-state index in [1.807, 2.05) is 48.5 Å². The second-order valence-corrected chi connectivity index (χ2v) is 2.55. The first-order valence-corrected chi connectivity index (χ1v) is 3.90. The zero-order chi connectivity index (χ0) is 8.23. The van der Waals surface area contributed by atoms with E-state index >= 15 is 0 Å². The van der Waals surface area contributed by atoms with E-state index in [0.717, 1.165) is 11.1 Å². The van der Waals surface area contributed by atoms with Gasteiger partial charge in [-0.15, -0.1) is 12.1 Å². The fraction of sp³-hybridized carbons (Fsp3) is 0. The topological polar surface area (TPSA) is 0 Å². The third-order valence-corrected chi connectivity index (χ3v) is 1.71. The monoisotopic (exact) mass is 419 g/mol. The predicted octanol–water partition coefficient (Wildman–Crippen LogP) is 2.95. The Morgan fingerprint density at radius 1 is 0.600 bits per heavy atom. The van der Waals surface area contributed by atoms with Crippen LogP contribution in [0.2, 0.25) is 0 Å². The maximum Gasteiger partial charge on any atom is 0 e. The normalized spacial score (nSPS) is 7.73. The van der Waals surface area contributed by atoms with Gasteiger partial charge in [-0.25, -0.2) is 11.1 Å². The molecule has 0 fully saturated rings. The van der Waals surface area contributed by atoms with Crippen molar-refractivity contribution in [2.75, 3.05) is 0 Å². The minimum absolute atomic E-state index is 0. The molecule has 0 N–H and O–H groups in total. The van der Waals surface area contributed by atoms with Crippen LogP contribution in [0.25, 0.3) is 11.1 Å². The van der Waals surface area contributed by atoms with Gasteiger partial charge in [-0.05, 0) is 0 Å². The van der Waals surface area contributed by atoms with Crippen molar-refractivity contribution in [3.05, 3.63) is 60.7 Å². The second kappa shape index (κ2) is 10.9. The molecule has 15 heavy (non-hydrogen) atoms. The molecule has 3 heteroatoms. The van der Waals surface area contributed by atoms with Crippen LogP contribution in [-0.4, -0.2) is 0 Å². The van der Waals surface area contributed by atoms with Crippen molar-refractivity contribution >= 4 is 0 Å². The summed E-state index contributed by atoms with van der Waals surface area (Å²) in [6.07, 6.45) is 0. The number of rotatable bonds is 1. The summed E-state index contributed by atoms with van der Waals surface area (Å²) in [4.78, 5) is 0. The van der Waals surface area contributed by atoms with Crippen LogP contribution in [0.15, 0.2) is 48.5 Å². The summed E-state index contributed by atoms with van der Waals surface area (Å²) in [5, 5.41) is 0. The number of hydrogen-bond donors (Lipinski definition) is 0. The molecule has 0 spiro atoms. The molecular weight excluding hydrogens is 411 g/mol. The van der Waals surface area contributed by atoms with Crippen LogP contribution in [0, 0.1) is 12.1 Å². The van der Waals surface area contributed by atoms with Gasteiger partial charge < -0.3 is 0 Å². The molecule has 0 saturated heterocycles. The van der Waals surface area contributed by atoms with Crippen LogP contribution in [-0.2, 0) is 98.1 Å². The molecular formula is C12H8Y3-2. The molecule has 3 radical (unpaired) electrons. The summed E-state index contributed by atoms with van der Waals surface area (Å²) < 4.78 is 0. The third kappa shape index (κ3) is 6.30. The van der Waals surface area contributed by atoms with Crippen LogP contribution in [0.5, 0.6) is 0 Å². The SMILES string of the molecule is [Y].[Y].[Y].[c-]1ccccc1-c1[c-]cccc1. The zero-order valence-corrected chi connectivity index (χ0v) is 16.9. The fourth-order valence-corrected chi connectivity index (χ4v) is 1.12. The largest absolute Gasteiger partial charge is 0.226 e. The van der Waals surface area contributed by atoms with Crippen molar-refractivity contribution in [3.8, 4) is 11.1 Å². The van der Waals surface area contributed by atoms with Crippen molar-refractivity contribution in [3.63, 3.8) is 0 Å². The quantitative estimate of drug-likeness (QED) is 0.625. The van der Waals surface area contributed by atoms with Crippen LogP contribution >= 0.6 is 0 Å². The van der Waals surface area contributed by atoms with Gasteiger partial charge in [0.1, 0.15) is 0 Å². The molecule has 0 amide bonds. The Balaban J connectivity index is 0. The van der Waals surface area contributed by atoms with Gasteiger partial charge in [0.2, 0.25) is 0 Å². The smallest absolute Gasteiger partial charge is 0 e. The van der Waals surface area contributed by atoms with E-state index in [1.165, 1.54) is 0 Å². The van der Waals surface area contributed by atoms with E-state index in [1.54, 1.807) is 0 Å². The van der Waals surface area contributed by atoms with Gasteiger partial charge in [-0.3, -0.25) is 0 Å². The molecule has 0 aliphatic heterocycles.